The Labute approximate surface area is 107 Å². The summed E-state index contributed by atoms with van der Waals surface area (Å²) in [5.41, 5.74) is 7.42. The van der Waals surface area contributed by atoms with Crippen molar-refractivity contribution in [2.75, 3.05) is 13.1 Å². The average molecular weight is 248 g/mol. The largest absolute Gasteiger partial charge is 0.508 e. The standard InChI is InChI=1S/C14H20N2O2/c1-10-8-11(2-3-13(10)17)9-16-6-4-12(5-7-16)14(15)18/h2-3,8,12,17H,4-7,9H2,1H3,(H2,15,18). The number of carbonyl (C=O) groups is 1. The predicted octanol–water partition coefficient (Wildman–Crippen LogP) is 1.40. The minimum absolute atomic E-state index is 0.0443. The van der Waals surface area contributed by atoms with Gasteiger partial charge in [-0.3, -0.25) is 9.69 Å². The highest BCUT2D eigenvalue weighted by Gasteiger charge is 2.22. The lowest BCUT2D eigenvalue weighted by Gasteiger charge is -2.30. The van der Waals surface area contributed by atoms with Crippen LogP contribution in [-0.4, -0.2) is 29.0 Å². The molecule has 2 rings (SSSR count). The number of amides is 1. The van der Waals surface area contributed by atoms with Gasteiger partial charge in [-0.05, 0) is 50.0 Å². The van der Waals surface area contributed by atoms with Crippen LogP contribution in [0.2, 0.25) is 0 Å². The van der Waals surface area contributed by atoms with Crippen LogP contribution in [0.15, 0.2) is 18.2 Å². The van der Waals surface area contributed by atoms with Crippen molar-refractivity contribution < 1.29 is 9.90 Å². The van der Waals surface area contributed by atoms with Crippen LogP contribution in [0.3, 0.4) is 0 Å². The van der Waals surface area contributed by atoms with E-state index < -0.39 is 0 Å². The molecule has 0 atom stereocenters. The van der Waals surface area contributed by atoms with Crippen LogP contribution < -0.4 is 5.73 Å². The summed E-state index contributed by atoms with van der Waals surface area (Å²) in [7, 11) is 0. The predicted molar refractivity (Wildman–Crippen MR) is 70.0 cm³/mol. The van der Waals surface area contributed by atoms with E-state index in [9.17, 15) is 9.90 Å². The lowest BCUT2D eigenvalue weighted by molar-refractivity contribution is -0.123. The van der Waals surface area contributed by atoms with Crippen molar-refractivity contribution in [2.45, 2.75) is 26.3 Å². The minimum atomic E-state index is -0.171. The Morgan fingerprint density at radius 1 is 1.44 bits per heavy atom. The number of phenols is 1. The zero-order valence-electron chi connectivity index (χ0n) is 10.7. The fourth-order valence-corrected chi connectivity index (χ4v) is 2.45. The van der Waals surface area contributed by atoms with E-state index in [-0.39, 0.29) is 11.8 Å². The van der Waals surface area contributed by atoms with Crippen LogP contribution in [0.5, 0.6) is 5.75 Å². The van der Waals surface area contributed by atoms with Gasteiger partial charge in [0.1, 0.15) is 5.75 Å². The van der Waals surface area contributed by atoms with Crippen LogP contribution in [0, 0.1) is 12.8 Å². The first kappa shape index (κ1) is 12.9. The first-order valence-corrected chi connectivity index (χ1v) is 6.36. The lowest BCUT2D eigenvalue weighted by atomic mass is 9.96. The normalized spacial score (nSPS) is 17.8. The SMILES string of the molecule is Cc1cc(CN2CCC(C(N)=O)CC2)ccc1O. The van der Waals surface area contributed by atoms with Crippen molar-refractivity contribution in [3.05, 3.63) is 29.3 Å². The van der Waals surface area contributed by atoms with E-state index in [1.165, 1.54) is 5.56 Å². The highest BCUT2D eigenvalue weighted by Crippen LogP contribution is 2.21. The van der Waals surface area contributed by atoms with E-state index in [1.807, 2.05) is 19.1 Å². The molecule has 1 heterocycles. The quantitative estimate of drug-likeness (QED) is 0.849. The second-order valence-electron chi connectivity index (χ2n) is 5.07. The monoisotopic (exact) mass is 248 g/mol. The second kappa shape index (κ2) is 5.40. The minimum Gasteiger partial charge on any atom is -0.508 e. The van der Waals surface area contributed by atoms with Gasteiger partial charge >= 0.3 is 0 Å². The molecule has 0 bridgehead atoms. The zero-order chi connectivity index (χ0) is 13.1. The van der Waals surface area contributed by atoms with E-state index in [4.69, 9.17) is 5.73 Å². The van der Waals surface area contributed by atoms with Crippen molar-refractivity contribution in [3.63, 3.8) is 0 Å². The first-order valence-electron chi connectivity index (χ1n) is 6.36. The number of nitrogens with two attached hydrogens (primary N) is 1. The molecule has 1 amide bonds. The molecule has 0 aromatic heterocycles. The van der Waals surface area contributed by atoms with E-state index >= 15 is 0 Å². The molecule has 1 aliphatic rings. The molecule has 3 N–H and O–H groups in total. The van der Waals surface area contributed by atoms with E-state index in [1.54, 1.807) is 6.07 Å². The van der Waals surface area contributed by atoms with Gasteiger partial charge in [0.05, 0.1) is 0 Å². The van der Waals surface area contributed by atoms with Crippen LogP contribution in [-0.2, 0) is 11.3 Å². The van der Waals surface area contributed by atoms with Crippen molar-refractivity contribution >= 4 is 5.91 Å². The number of benzene rings is 1. The van der Waals surface area contributed by atoms with Crippen LogP contribution in [0.1, 0.15) is 24.0 Å². The molecule has 4 nitrogen and oxygen atoms in total. The summed E-state index contributed by atoms with van der Waals surface area (Å²) < 4.78 is 0. The van der Waals surface area contributed by atoms with Gasteiger partial charge in [0.2, 0.25) is 5.91 Å². The van der Waals surface area contributed by atoms with Gasteiger partial charge in [0, 0.05) is 12.5 Å². The highest BCUT2D eigenvalue weighted by molar-refractivity contribution is 5.76. The van der Waals surface area contributed by atoms with Crippen LogP contribution in [0.25, 0.3) is 0 Å². The maximum Gasteiger partial charge on any atom is 0.220 e. The Morgan fingerprint density at radius 2 is 2.11 bits per heavy atom. The van der Waals surface area contributed by atoms with E-state index in [2.05, 4.69) is 4.90 Å². The molecule has 1 aromatic rings. The van der Waals surface area contributed by atoms with E-state index in [0.29, 0.717) is 5.75 Å². The number of rotatable bonds is 3. The number of hydrogen-bond acceptors (Lipinski definition) is 3. The first-order chi connectivity index (χ1) is 8.56. The van der Waals surface area contributed by atoms with E-state index in [0.717, 1.165) is 38.0 Å². The summed E-state index contributed by atoms with van der Waals surface area (Å²) in [5, 5.41) is 9.48. The number of primary amides is 1. The van der Waals surface area contributed by atoms with Gasteiger partial charge in [0.15, 0.2) is 0 Å². The molecule has 0 spiro atoms. The summed E-state index contributed by atoms with van der Waals surface area (Å²) in [4.78, 5) is 13.4. The topological polar surface area (TPSA) is 66.6 Å². The van der Waals surface area contributed by atoms with Crippen molar-refractivity contribution in [3.8, 4) is 5.75 Å². The summed E-state index contributed by atoms with van der Waals surface area (Å²) in [6.07, 6.45) is 1.71. The van der Waals surface area contributed by atoms with Crippen molar-refractivity contribution in [1.82, 2.24) is 4.90 Å². The fourth-order valence-electron chi connectivity index (χ4n) is 2.45. The van der Waals surface area contributed by atoms with Crippen LogP contribution in [0.4, 0.5) is 0 Å². The average Bonchev–Trinajstić information content (AvgIpc) is 2.34. The lowest BCUT2D eigenvalue weighted by Crippen LogP contribution is -2.38. The number of likely N-dealkylation sites (tertiary alicyclic amines) is 1. The number of carbonyl (C=O) groups excluding carboxylic acids is 1. The molecule has 1 saturated heterocycles. The molecule has 1 aromatic carbocycles. The van der Waals surface area contributed by atoms with Crippen LogP contribution >= 0.6 is 0 Å². The third-order valence-electron chi connectivity index (χ3n) is 3.66. The van der Waals surface area contributed by atoms with Gasteiger partial charge in [-0.1, -0.05) is 12.1 Å². The second-order valence-corrected chi connectivity index (χ2v) is 5.07. The molecule has 0 aliphatic carbocycles. The molecule has 1 aliphatic heterocycles. The summed E-state index contributed by atoms with van der Waals surface area (Å²) in [5.74, 6) is 0.212. The number of aryl methyl sites for hydroxylation is 1. The Hall–Kier alpha value is -1.55. The summed E-state index contributed by atoms with van der Waals surface area (Å²) in [6.45, 7) is 4.59. The molecule has 0 unspecified atom stereocenters. The van der Waals surface area contributed by atoms with Gasteiger partial charge < -0.3 is 10.8 Å². The summed E-state index contributed by atoms with van der Waals surface area (Å²) in [6, 6.07) is 5.69. The summed E-state index contributed by atoms with van der Waals surface area (Å²) >= 11 is 0. The third-order valence-corrected chi connectivity index (χ3v) is 3.66. The fraction of sp³-hybridized carbons (Fsp3) is 0.500. The number of phenolic OH excluding ortho intramolecular Hbond substituents is 1. The van der Waals surface area contributed by atoms with Crippen molar-refractivity contribution in [1.29, 1.82) is 0 Å². The molecule has 98 valence electrons. The van der Waals surface area contributed by atoms with Crippen molar-refractivity contribution in [2.24, 2.45) is 11.7 Å². The maximum absolute atomic E-state index is 11.1. The number of hydrogen-bond donors (Lipinski definition) is 2. The number of aromatic hydroxyl groups is 1. The Bertz CT molecular complexity index is 437. The molecule has 18 heavy (non-hydrogen) atoms. The molecular weight excluding hydrogens is 228 g/mol. The maximum atomic E-state index is 11.1. The van der Waals surface area contributed by atoms with Gasteiger partial charge in [-0.25, -0.2) is 0 Å². The zero-order valence-corrected chi connectivity index (χ0v) is 10.7. The smallest absolute Gasteiger partial charge is 0.220 e. The Kier molecular flexibility index (Phi) is 3.87. The molecule has 4 heteroatoms. The third kappa shape index (κ3) is 3.01. The molecule has 0 radical (unpaired) electrons. The number of piperidine rings is 1. The molecule has 0 saturated carbocycles. The van der Waals surface area contributed by atoms with Gasteiger partial charge in [-0.2, -0.15) is 0 Å². The molecular formula is C14H20N2O2. The Morgan fingerprint density at radius 3 is 2.67 bits per heavy atom. The highest BCUT2D eigenvalue weighted by atomic mass is 16.3. The Balaban J connectivity index is 1.91. The van der Waals surface area contributed by atoms with Gasteiger partial charge in [0.25, 0.3) is 0 Å². The molecule has 1 fully saturated rings. The number of nitrogens with zero attached hydrogens (tertiary/aromatic N) is 1. The van der Waals surface area contributed by atoms with Gasteiger partial charge in [-0.15, -0.1) is 0 Å².